The molecule has 6 nitrogen and oxygen atoms in total. The molecule has 1 aromatic carbocycles. The van der Waals surface area contributed by atoms with Crippen LogP contribution in [-0.2, 0) is 14.3 Å². The van der Waals surface area contributed by atoms with Crippen LogP contribution in [0, 0.1) is 18.3 Å². The first-order chi connectivity index (χ1) is 12.7. The van der Waals surface area contributed by atoms with Crippen molar-refractivity contribution in [1.29, 1.82) is 5.26 Å². The zero-order valence-electron chi connectivity index (χ0n) is 15.6. The summed E-state index contributed by atoms with van der Waals surface area (Å²) in [5.74, 6) is -0.660. The summed E-state index contributed by atoms with van der Waals surface area (Å²) in [7, 11) is 0. The largest absolute Gasteiger partial charge is 0.461 e. The second-order valence-electron chi connectivity index (χ2n) is 6.54. The summed E-state index contributed by atoms with van der Waals surface area (Å²) in [5, 5.41) is 19.1. The average molecular weight is 408 g/mol. The normalized spacial score (nSPS) is 15.0. The molecule has 0 saturated heterocycles. The summed E-state index contributed by atoms with van der Waals surface area (Å²) in [6.45, 7) is 6.87. The molecule has 2 rings (SSSR count). The van der Waals surface area contributed by atoms with Gasteiger partial charge in [-0.15, -0.1) is 0 Å². The van der Waals surface area contributed by atoms with Gasteiger partial charge in [-0.25, -0.2) is 4.79 Å². The molecule has 0 fully saturated rings. The Balaban J connectivity index is 2.24. The van der Waals surface area contributed by atoms with Crippen LogP contribution >= 0.6 is 23.5 Å². The highest BCUT2D eigenvalue weighted by molar-refractivity contribution is 8.24. The highest BCUT2D eigenvalue weighted by Crippen LogP contribution is 2.56. The standard InChI is InChI=1S/C19H21NO5S2/c1-5-14(21)25-13-7-6-11(2)15-16(13)27-18(26-15)12(10-20)17(22)24-9-8-19(3,4)23/h6-7,23H,5,8-9H2,1-4H3/b18-12-. The summed E-state index contributed by atoms with van der Waals surface area (Å²) >= 11 is 2.51. The predicted octanol–water partition coefficient (Wildman–Crippen LogP) is 3.95. The topological polar surface area (TPSA) is 96.6 Å². The van der Waals surface area contributed by atoms with Crippen molar-refractivity contribution in [2.24, 2.45) is 0 Å². The van der Waals surface area contributed by atoms with E-state index >= 15 is 0 Å². The van der Waals surface area contributed by atoms with Crippen LogP contribution in [-0.4, -0.2) is 29.3 Å². The van der Waals surface area contributed by atoms with Gasteiger partial charge >= 0.3 is 11.9 Å². The number of aryl methyl sites for hydroxylation is 1. The van der Waals surface area contributed by atoms with Crippen LogP contribution < -0.4 is 4.74 Å². The number of carbonyl (C=O) groups is 2. The number of esters is 2. The Bertz CT molecular complexity index is 834. The second kappa shape index (κ2) is 8.83. The number of carbonyl (C=O) groups excluding carboxylic acids is 2. The summed E-state index contributed by atoms with van der Waals surface area (Å²) in [5.41, 5.74) is -0.0896. The molecule has 0 amide bonds. The molecule has 0 saturated carbocycles. The van der Waals surface area contributed by atoms with Crippen molar-refractivity contribution in [2.75, 3.05) is 6.61 Å². The maximum Gasteiger partial charge on any atom is 0.350 e. The van der Waals surface area contributed by atoms with Gasteiger partial charge in [-0.05, 0) is 32.4 Å². The minimum absolute atomic E-state index is 0.0153. The van der Waals surface area contributed by atoms with Crippen molar-refractivity contribution in [1.82, 2.24) is 0 Å². The highest BCUT2D eigenvalue weighted by Gasteiger charge is 2.30. The molecule has 1 N–H and O–H groups in total. The highest BCUT2D eigenvalue weighted by atomic mass is 32.2. The lowest BCUT2D eigenvalue weighted by Crippen LogP contribution is -2.22. The maximum atomic E-state index is 12.3. The number of thioether (sulfide) groups is 2. The molecule has 1 aliphatic rings. The van der Waals surface area contributed by atoms with Gasteiger partial charge in [-0.1, -0.05) is 36.5 Å². The third-order valence-electron chi connectivity index (χ3n) is 3.64. The first-order valence-electron chi connectivity index (χ1n) is 8.40. The lowest BCUT2D eigenvalue weighted by molar-refractivity contribution is -0.139. The van der Waals surface area contributed by atoms with Crippen LogP contribution in [0.1, 0.15) is 39.2 Å². The zero-order chi connectivity index (χ0) is 20.2. The van der Waals surface area contributed by atoms with E-state index in [-0.39, 0.29) is 31.0 Å². The number of benzene rings is 1. The van der Waals surface area contributed by atoms with Crippen molar-refractivity contribution in [3.8, 4) is 11.8 Å². The molecule has 0 aromatic heterocycles. The Hall–Kier alpha value is -1.95. The lowest BCUT2D eigenvalue weighted by Gasteiger charge is -2.16. The van der Waals surface area contributed by atoms with Crippen molar-refractivity contribution in [2.45, 2.75) is 55.9 Å². The smallest absolute Gasteiger partial charge is 0.350 e. The zero-order valence-corrected chi connectivity index (χ0v) is 17.3. The predicted molar refractivity (Wildman–Crippen MR) is 103 cm³/mol. The second-order valence-corrected chi connectivity index (χ2v) is 8.84. The van der Waals surface area contributed by atoms with E-state index in [1.165, 1.54) is 23.5 Å². The van der Waals surface area contributed by atoms with Crippen molar-refractivity contribution >= 4 is 35.5 Å². The Morgan fingerprint density at radius 1 is 1.26 bits per heavy atom. The molecule has 8 heteroatoms. The molecule has 0 bridgehead atoms. The van der Waals surface area contributed by atoms with Crippen LogP contribution in [0.25, 0.3) is 0 Å². The van der Waals surface area contributed by atoms with Gasteiger partial charge in [-0.2, -0.15) is 5.26 Å². The van der Waals surface area contributed by atoms with E-state index in [1.807, 2.05) is 19.1 Å². The molecule has 27 heavy (non-hydrogen) atoms. The molecule has 0 unspecified atom stereocenters. The Morgan fingerprint density at radius 3 is 2.52 bits per heavy atom. The molecular weight excluding hydrogens is 386 g/mol. The van der Waals surface area contributed by atoms with E-state index in [0.29, 0.717) is 14.9 Å². The van der Waals surface area contributed by atoms with E-state index in [9.17, 15) is 20.0 Å². The number of rotatable bonds is 6. The average Bonchev–Trinajstić information content (AvgIpc) is 3.02. The molecule has 0 radical (unpaired) electrons. The molecule has 1 aliphatic heterocycles. The number of fused-ring (bicyclic) bond motifs is 1. The van der Waals surface area contributed by atoms with Gasteiger partial charge in [0.25, 0.3) is 0 Å². The van der Waals surface area contributed by atoms with Crippen LogP contribution in [0.15, 0.2) is 31.7 Å². The van der Waals surface area contributed by atoms with Gasteiger partial charge < -0.3 is 14.6 Å². The van der Waals surface area contributed by atoms with E-state index in [4.69, 9.17) is 9.47 Å². The fourth-order valence-corrected chi connectivity index (χ4v) is 4.73. The SMILES string of the molecule is CCC(=O)Oc1ccc(C)c2c1S/C(=C(/C#N)C(=O)OCCC(C)(C)O)S2. The molecule has 0 aliphatic carbocycles. The van der Waals surface area contributed by atoms with E-state index in [1.54, 1.807) is 26.8 Å². The van der Waals surface area contributed by atoms with Crippen molar-refractivity contribution in [3.63, 3.8) is 0 Å². The maximum absolute atomic E-state index is 12.3. The van der Waals surface area contributed by atoms with Gasteiger partial charge in [0.15, 0.2) is 5.57 Å². The van der Waals surface area contributed by atoms with Gasteiger partial charge in [0, 0.05) is 17.7 Å². The fourth-order valence-electron chi connectivity index (χ4n) is 2.09. The molecule has 144 valence electrons. The summed E-state index contributed by atoms with van der Waals surface area (Å²) in [6.07, 6.45) is 0.518. The number of hydrogen-bond donors (Lipinski definition) is 1. The van der Waals surface area contributed by atoms with Gasteiger partial charge in [0.2, 0.25) is 0 Å². The quantitative estimate of drug-likeness (QED) is 0.328. The summed E-state index contributed by atoms with van der Waals surface area (Å²) < 4.78 is 11.0. The Labute approximate surface area is 166 Å². The van der Waals surface area contributed by atoms with Gasteiger partial charge in [-0.3, -0.25) is 4.79 Å². The summed E-state index contributed by atoms with van der Waals surface area (Å²) in [4.78, 5) is 25.5. The van der Waals surface area contributed by atoms with Crippen LogP contribution in [0.3, 0.4) is 0 Å². The minimum atomic E-state index is -0.956. The van der Waals surface area contributed by atoms with Crippen LogP contribution in [0.5, 0.6) is 5.75 Å². The van der Waals surface area contributed by atoms with Gasteiger partial charge in [0.1, 0.15) is 11.8 Å². The minimum Gasteiger partial charge on any atom is -0.461 e. The number of nitrogens with zero attached hydrogens (tertiary/aromatic N) is 1. The number of nitriles is 1. The first kappa shape index (κ1) is 21.4. The van der Waals surface area contributed by atoms with E-state index in [2.05, 4.69) is 0 Å². The van der Waals surface area contributed by atoms with Crippen LogP contribution in [0.4, 0.5) is 0 Å². The number of ether oxygens (including phenoxy) is 2. The van der Waals surface area contributed by atoms with Gasteiger partial charge in [0.05, 0.1) is 21.3 Å². The molecular formula is C19H21NO5S2. The Morgan fingerprint density at radius 2 is 1.93 bits per heavy atom. The third-order valence-corrected chi connectivity index (χ3v) is 6.39. The van der Waals surface area contributed by atoms with Crippen molar-refractivity contribution < 1.29 is 24.2 Å². The molecule has 1 aromatic rings. The van der Waals surface area contributed by atoms with Crippen molar-refractivity contribution in [3.05, 3.63) is 27.5 Å². The lowest BCUT2D eigenvalue weighted by atomic mass is 10.1. The summed E-state index contributed by atoms with van der Waals surface area (Å²) in [6, 6.07) is 5.46. The molecule has 1 heterocycles. The van der Waals surface area contributed by atoms with E-state index in [0.717, 1.165) is 10.5 Å². The molecule has 0 atom stereocenters. The molecule has 0 spiro atoms. The number of aliphatic hydroxyl groups is 1. The first-order valence-corrected chi connectivity index (χ1v) is 10.0. The Kier molecular flexibility index (Phi) is 6.98. The monoisotopic (exact) mass is 407 g/mol. The van der Waals surface area contributed by atoms with E-state index < -0.39 is 11.6 Å². The fraction of sp³-hybridized carbons (Fsp3) is 0.421. The third kappa shape index (κ3) is 5.51. The number of hydrogen-bond acceptors (Lipinski definition) is 8. The van der Waals surface area contributed by atoms with Crippen LogP contribution in [0.2, 0.25) is 0 Å².